The molecule has 1 aliphatic heterocycles. The summed E-state index contributed by atoms with van der Waals surface area (Å²) in [6.45, 7) is 2.18. The SMILES string of the molecule is O=C(C[C@@H]1C=CCC1)N1CCN(C(=O)c2cccc(Cl)c2Cl)CC1. The van der Waals surface area contributed by atoms with E-state index in [0.717, 1.165) is 12.8 Å². The van der Waals surface area contributed by atoms with Crippen LogP contribution in [0.5, 0.6) is 0 Å². The van der Waals surface area contributed by atoms with Gasteiger partial charge in [0.15, 0.2) is 0 Å². The fourth-order valence-electron chi connectivity index (χ4n) is 3.22. The zero-order valence-electron chi connectivity index (χ0n) is 13.4. The van der Waals surface area contributed by atoms with Crippen molar-refractivity contribution in [2.45, 2.75) is 19.3 Å². The maximum atomic E-state index is 12.6. The van der Waals surface area contributed by atoms with Gasteiger partial charge in [0.1, 0.15) is 0 Å². The largest absolute Gasteiger partial charge is 0.339 e. The minimum absolute atomic E-state index is 0.131. The first kappa shape index (κ1) is 17.3. The summed E-state index contributed by atoms with van der Waals surface area (Å²) in [5.41, 5.74) is 0.417. The summed E-state index contributed by atoms with van der Waals surface area (Å²) in [5, 5.41) is 0.664. The maximum Gasteiger partial charge on any atom is 0.255 e. The van der Waals surface area contributed by atoms with Crippen molar-refractivity contribution in [1.82, 2.24) is 9.80 Å². The van der Waals surface area contributed by atoms with Crippen LogP contribution in [-0.4, -0.2) is 47.8 Å². The molecule has 4 nitrogen and oxygen atoms in total. The van der Waals surface area contributed by atoms with Crippen molar-refractivity contribution in [1.29, 1.82) is 0 Å². The van der Waals surface area contributed by atoms with Gasteiger partial charge in [-0.3, -0.25) is 9.59 Å². The molecule has 1 aliphatic carbocycles. The molecule has 1 aromatic carbocycles. The summed E-state index contributed by atoms with van der Waals surface area (Å²) in [5.74, 6) is 0.426. The number of nitrogens with zero attached hydrogens (tertiary/aromatic N) is 2. The summed E-state index contributed by atoms with van der Waals surface area (Å²) in [4.78, 5) is 28.5. The first-order valence-corrected chi connectivity index (χ1v) is 8.99. The third-order valence-corrected chi connectivity index (χ3v) is 5.47. The molecule has 6 heteroatoms. The van der Waals surface area contributed by atoms with E-state index < -0.39 is 0 Å². The molecule has 3 rings (SSSR count). The summed E-state index contributed by atoms with van der Waals surface area (Å²) in [6, 6.07) is 5.06. The number of halogens is 2. The molecule has 0 aromatic heterocycles. The van der Waals surface area contributed by atoms with E-state index in [4.69, 9.17) is 23.2 Å². The minimum Gasteiger partial charge on any atom is -0.339 e. The molecule has 1 fully saturated rings. The monoisotopic (exact) mass is 366 g/mol. The second kappa shape index (κ2) is 7.58. The minimum atomic E-state index is -0.131. The van der Waals surface area contributed by atoms with Gasteiger partial charge in [-0.05, 0) is 30.9 Å². The number of piperazine rings is 1. The lowest BCUT2D eigenvalue weighted by Crippen LogP contribution is -2.50. The predicted octanol–water partition coefficient (Wildman–Crippen LogP) is 3.63. The fourth-order valence-corrected chi connectivity index (χ4v) is 3.60. The third-order valence-electron chi connectivity index (χ3n) is 4.65. The molecule has 1 saturated heterocycles. The normalized spacial score (nSPS) is 20.5. The van der Waals surface area contributed by atoms with E-state index in [9.17, 15) is 9.59 Å². The van der Waals surface area contributed by atoms with Gasteiger partial charge in [0.05, 0.1) is 15.6 Å². The molecule has 2 amide bonds. The molecule has 0 unspecified atom stereocenters. The van der Waals surface area contributed by atoms with E-state index in [-0.39, 0.29) is 16.8 Å². The van der Waals surface area contributed by atoms with Crippen molar-refractivity contribution in [3.8, 4) is 0 Å². The van der Waals surface area contributed by atoms with Gasteiger partial charge < -0.3 is 9.80 Å². The summed E-state index contributed by atoms with van der Waals surface area (Å²) >= 11 is 12.1. The van der Waals surface area contributed by atoms with Crippen molar-refractivity contribution in [3.05, 3.63) is 46.0 Å². The smallest absolute Gasteiger partial charge is 0.255 e. The second-order valence-corrected chi connectivity index (χ2v) is 7.03. The number of hydrogen-bond acceptors (Lipinski definition) is 2. The number of carbonyl (C=O) groups is 2. The van der Waals surface area contributed by atoms with Crippen molar-refractivity contribution in [3.63, 3.8) is 0 Å². The summed E-state index contributed by atoms with van der Waals surface area (Å²) in [6.07, 6.45) is 6.99. The average Bonchev–Trinajstić information content (AvgIpc) is 3.10. The van der Waals surface area contributed by atoms with Gasteiger partial charge >= 0.3 is 0 Å². The Morgan fingerprint density at radius 3 is 2.46 bits per heavy atom. The van der Waals surface area contributed by atoms with Crippen LogP contribution in [0, 0.1) is 5.92 Å². The van der Waals surface area contributed by atoms with E-state index in [0.29, 0.717) is 49.1 Å². The highest BCUT2D eigenvalue weighted by molar-refractivity contribution is 6.43. The van der Waals surface area contributed by atoms with Crippen LogP contribution >= 0.6 is 23.2 Å². The molecule has 0 saturated carbocycles. The number of carbonyl (C=O) groups excluding carboxylic acids is 2. The summed E-state index contributed by atoms with van der Waals surface area (Å²) in [7, 11) is 0. The van der Waals surface area contributed by atoms with Crippen molar-refractivity contribution in [2.24, 2.45) is 5.92 Å². The van der Waals surface area contributed by atoms with Gasteiger partial charge in [-0.2, -0.15) is 0 Å². The summed E-state index contributed by atoms with van der Waals surface area (Å²) < 4.78 is 0. The van der Waals surface area contributed by atoms with Gasteiger partial charge in [0.2, 0.25) is 5.91 Å². The number of benzene rings is 1. The molecule has 0 radical (unpaired) electrons. The number of rotatable bonds is 3. The number of hydrogen-bond donors (Lipinski definition) is 0. The van der Waals surface area contributed by atoms with Gasteiger partial charge in [-0.25, -0.2) is 0 Å². The quantitative estimate of drug-likeness (QED) is 0.766. The zero-order chi connectivity index (χ0) is 17.1. The van der Waals surface area contributed by atoms with Crippen LogP contribution in [-0.2, 0) is 4.79 Å². The number of allylic oxidation sites excluding steroid dienone is 2. The fraction of sp³-hybridized carbons (Fsp3) is 0.444. The highest BCUT2D eigenvalue weighted by Gasteiger charge is 2.27. The highest BCUT2D eigenvalue weighted by atomic mass is 35.5. The van der Waals surface area contributed by atoms with Crippen LogP contribution in [0.2, 0.25) is 10.0 Å². The Hall–Kier alpha value is -1.52. The van der Waals surface area contributed by atoms with Crippen molar-refractivity contribution in [2.75, 3.05) is 26.2 Å². The molecule has 1 aromatic rings. The lowest BCUT2D eigenvalue weighted by Gasteiger charge is -2.35. The van der Waals surface area contributed by atoms with Crippen molar-refractivity contribution < 1.29 is 9.59 Å². The maximum absolute atomic E-state index is 12.6. The van der Waals surface area contributed by atoms with Gasteiger partial charge in [-0.15, -0.1) is 0 Å². The molecule has 128 valence electrons. The molecule has 24 heavy (non-hydrogen) atoms. The van der Waals surface area contributed by atoms with Crippen LogP contribution < -0.4 is 0 Å². The molecule has 1 atom stereocenters. The Balaban J connectivity index is 1.56. The predicted molar refractivity (Wildman–Crippen MR) is 95.4 cm³/mol. The molecular weight excluding hydrogens is 347 g/mol. The lowest BCUT2D eigenvalue weighted by atomic mass is 10.0. The Kier molecular flexibility index (Phi) is 5.47. The van der Waals surface area contributed by atoms with E-state index in [1.807, 2.05) is 4.90 Å². The van der Waals surface area contributed by atoms with Gasteiger partial charge in [0, 0.05) is 32.6 Å². The molecule has 0 N–H and O–H groups in total. The Morgan fingerprint density at radius 2 is 1.79 bits per heavy atom. The Bertz CT molecular complexity index is 667. The molecule has 1 heterocycles. The Labute approximate surface area is 152 Å². The van der Waals surface area contributed by atoms with Crippen molar-refractivity contribution >= 4 is 35.0 Å². The van der Waals surface area contributed by atoms with Crippen LogP contribution in [0.4, 0.5) is 0 Å². The number of amides is 2. The molecule has 0 bridgehead atoms. The van der Waals surface area contributed by atoms with E-state index in [2.05, 4.69) is 12.2 Å². The van der Waals surface area contributed by atoms with Crippen LogP contribution in [0.3, 0.4) is 0 Å². The lowest BCUT2D eigenvalue weighted by molar-refractivity contribution is -0.133. The molecule has 0 spiro atoms. The van der Waals surface area contributed by atoms with Crippen LogP contribution in [0.1, 0.15) is 29.6 Å². The Morgan fingerprint density at radius 1 is 1.08 bits per heavy atom. The third kappa shape index (κ3) is 3.76. The van der Waals surface area contributed by atoms with E-state index >= 15 is 0 Å². The molecular formula is C18H20Cl2N2O2. The van der Waals surface area contributed by atoms with E-state index in [1.54, 1.807) is 23.1 Å². The molecule has 2 aliphatic rings. The van der Waals surface area contributed by atoms with Crippen LogP contribution in [0.25, 0.3) is 0 Å². The standard InChI is InChI=1S/C18H20Cl2N2O2/c19-15-7-3-6-14(17(15)20)18(24)22-10-8-21(9-11-22)16(23)12-13-4-1-2-5-13/h1,3-4,6-7,13H,2,5,8-12H2/t13-/m1/s1. The second-order valence-electron chi connectivity index (χ2n) is 6.24. The van der Waals surface area contributed by atoms with E-state index in [1.165, 1.54) is 0 Å². The highest BCUT2D eigenvalue weighted by Crippen LogP contribution is 2.27. The average molecular weight is 367 g/mol. The zero-order valence-corrected chi connectivity index (χ0v) is 14.9. The topological polar surface area (TPSA) is 40.6 Å². The van der Waals surface area contributed by atoms with Crippen LogP contribution in [0.15, 0.2) is 30.4 Å². The first-order valence-electron chi connectivity index (χ1n) is 8.24. The van der Waals surface area contributed by atoms with Gasteiger partial charge in [-0.1, -0.05) is 41.4 Å². The first-order chi connectivity index (χ1) is 11.6. The van der Waals surface area contributed by atoms with Gasteiger partial charge in [0.25, 0.3) is 5.91 Å².